The van der Waals surface area contributed by atoms with Crippen molar-refractivity contribution in [3.63, 3.8) is 0 Å². The second-order valence-corrected chi connectivity index (χ2v) is 7.35. The van der Waals surface area contributed by atoms with Gasteiger partial charge in [0.15, 0.2) is 6.61 Å². The maximum absolute atomic E-state index is 13.1. The highest BCUT2D eigenvalue weighted by atomic mass is 16.5. The lowest BCUT2D eigenvalue weighted by Gasteiger charge is -2.29. The van der Waals surface area contributed by atoms with Gasteiger partial charge in [-0.1, -0.05) is 60.7 Å². The Morgan fingerprint density at radius 3 is 2.09 bits per heavy atom. The van der Waals surface area contributed by atoms with Crippen LogP contribution in [0.25, 0.3) is 0 Å². The molecule has 0 saturated heterocycles. The van der Waals surface area contributed by atoms with Crippen LogP contribution < -0.4 is 14.8 Å². The summed E-state index contributed by atoms with van der Waals surface area (Å²) in [5, 5.41) is 2.92. The number of ether oxygens (including phenoxy) is 2. The van der Waals surface area contributed by atoms with E-state index in [1.54, 1.807) is 26.2 Å². The highest BCUT2D eigenvalue weighted by molar-refractivity contribution is 5.87. The summed E-state index contributed by atoms with van der Waals surface area (Å²) < 4.78 is 10.8. The molecule has 0 fully saturated rings. The maximum atomic E-state index is 13.1. The summed E-state index contributed by atoms with van der Waals surface area (Å²) in [7, 11) is 1.60. The van der Waals surface area contributed by atoms with Gasteiger partial charge in [-0.3, -0.25) is 9.59 Å². The minimum atomic E-state index is -0.673. The molecule has 166 valence electrons. The van der Waals surface area contributed by atoms with Crippen molar-refractivity contribution < 1.29 is 19.1 Å². The quantitative estimate of drug-likeness (QED) is 0.529. The fourth-order valence-electron chi connectivity index (χ4n) is 3.19. The number of hydrogen-bond acceptors (Lipinski definition) is 4. The summed E-state index contributed by atoms with van der Waals surface area (Å²) in [4.78, 5) is 27.5. The van der Waals surface area contributed by atoms with E-state index in [-0.39, 0.29) is 25.0 Å². The van der Waals surface area contributed by atoms with Gasteiger partial charge in [0.2, 0.25) is 5.91 Å². The van der Waals surface area contributed by atoms with Gasteiger partial charge in [0.1, 0.15) is 17.5 Å². The van der Waals surface area contributed by atoms with Gasteiger partial charge < -0.3 is 19.7 Å². The molecule has 0 saturated carbocycles. The molecule has 2 amide bonds. The van der Waals surface area contributed by atoms with E-state index in [2.05, 4.69) is 5.32 Å². The number of benzene rings is 3. The largest absolute Gasteiger partial charge is 0.497 e. The molecule has 0 aliphatic heterocycles. The molecule has 32 heavy (non-hydrogen) atoms. The monoisotopic (exact) mass is 432 g/mol. The van der Waals surface area contributed by atoms with Crippen LogP contribution in [0.4, 0.5) is 0 Å². The smallest absolute Gasteiger partial charge is 0.261 e. The number of para-hydroxylation sites is 1. The van der Waals surface area contributed by atoms with Crippen molar-refractivity contribution in [2.45, 2.75) is 26.1 Å². The molecule has 0 aromatic heterocycles. The Morgan fingerprint density at radius 2 is 1.47 bits per heavy atom. The molecule has 0 radical (unpaired) electrons. The summed E-state index contributed by atoms with van der Waals surface area (Å²) in [6.45, 7) is 2.25. The van der Waals surface area contributed by atoms with E-state index in [0.29, 0.717) is 12.3 Å². The summed E-state index contributed by atoms with van der Waals surface area (Å²) in [6, 6.07) is 25.5. The lowest BCUT2D eigenvalue weighted by atomic mass is 10.1. The van der Waals surface area contributed by atoms with Crippen molar-refractivity contribution in [3.05, 3.63) is 96.1 Å². The third-order valence-electron chi connectivity index (χ3n) is 5.09. The third-order valence-corrected chi connectivity index (χ3v) is 5.09. The zero-order valence-corrected chi connectivity index (χ0v) is 18.4. The fourth-order valence-corrected chi connectivity index (χ4v) is 3.19. The van der Waals surface area contributed by atoms with E-state index in [1.165, 1.54) is 4.90 Å². The molecule has 6 heteroatoms. The third kappa shape index (κ3) is 6.60. The SMILES string of the molecule is COc1ccc(CN(C(=O)COc2ccccc2)[C@H](C)C(=O)NCc2ccccc2)cc1. The van der Waals surface area contributed by atoms with Crippen molar-refractivity contribution in [2.75, 3.05) is 13.7 Å². The van der Waals surface area contributed by atoms with Gasteiger partial charge in [0.25, 0.3) is 5.91 Å². The van der Waals surface area contributed by atoms with Crippen LogP contribution >= 0.6 is 0 Å². The Labute approximate surface area is 188 Å². The molecule has 0 bridgehead atoms. The molecule has 3 aromatic carbocycles. The van der Waals surface area contributed by atoms with Crippen molar-refractivity contribution in [1.29, 1.82) is 0 Å². The fraction of sp³-hybridized carbons (Fsp3) is 0.231. The van der Waals surface area contributed by atoms with Gasteiger partial charge in [-0.15, -0.1) is 0 Å². The first-order valence-electron chi connectivity index (χ1n) is 10.5. The number of hydrogen-bond donors (Lipinski definition) is 1. The highest BCUT2D eigenvalue weighted by Crippen LogP contribution is 2.16. The van der Waals surface area contributed by atoms with Gasteiger partial charge in [-0.2, -0.15) is 0 Å². The van der Waals surface area contributed by atoms with E-state index in [1.807, 2.05) is 72.8 Å². The van der Waals surface area contributed by atoms with Crippen molar-refractivity contribution >= 4 is 11.8 Å². The molecule has 3 rings (SSSR count). The van der Waals surface area contributed by atoms with Crippen molar-refractivity contribution in [1.82, 2.24) is 10.2 Å². The average molecular weight is 433 g/mol. The summed E-state index contributed by atoms with van der Waals surface area (Å²) in [5.41, 5.74) is 1.88. The van der Waals surface area contributed by atoms with E-state index in [0.717, 1.165) is 16.9 Å². The lowest BCUT2D eigenvalue weighted by molar-refractivity contribution is -0.142. The van der Waals surface area contributed by atoms with Crippen LogP contribution in [-0.4, -0.2) is 36.5 Å². The summed E-state index contributed by atoms with van der Waals surface area (Å²) >= 11 is 0. The molecule has 3 aromatic rings. The maximum Gasteiger partial charge on any atom is 0.261 e. The summed E-state index contributed by atoms with van der Waals surface area (Å²) in [6.07, 6.45) is 0. The second kappa shape index (κ2) is 11.6. The summed E-state index contributed by atoms with van der Waals surface area (Å²) in [5.74, 6) is 0.835. The predicted octanol–water partition coefficient (Wildman–Crippen LogP) is 3.81. The molecule has 6 nitrogen and oxygen atoms in total. The molecular weight excluding hydrogens is 404 g/mol. The van der Waals surface area contributed by atoms with E-state index >= 15 is 0 Å². The number of carbonyl (C=O) groups is 2. The van der Waals surface area contributed by atoms with Gasteiger partial charge >= 0.3 is 0 Å². The van der Waals surface area contributed by atoms with Crippen LogP contribution in [0.2, 0.25) is 0 Å². The Kier molecular flexibility index (Phi) is 8.26. The highest BCUT2D eigenvalue weighted by Gasteiger charge is 2.26. The van der Waals surface area contributed by atoms with Gasteiger partial charge in [-0.05, 0) is 42.3 Å². The van der Waals surface area contributed by atoms with Crippen molar-refractivity contribution in [3.8, 4) is 11.5 Å². The van der Waals surface area contributed by atoms with E-state index in [9.17, 15) is 9.59 Å². The average Bonchev–Trinajstić information content (AvgIpc) is 2.85. The molecule has 0 spiro atoms. The normalized spacial score (nSPS) is 11.3. The van der Waals surface area contributed by atoms with Crippen LogP contribution in [0.5, 0.6) is 11.5 Å². The predicted molar refractivity (Wildman–Crippen MR) is 123 cm³/mol. The number of carbonyl (C=O) groups excluding carboxylic acids is 2. The topological polar surface area (TPSA) is 67.9 Å². The Bertz CT molecular complexity index is 991. The van der Waals surface area contributed by atoms with E-state index < -0.39 is 6.04 Å². The molecule has 0 aliphatic carbocycles. The number of amides is 2. The Hall–Kier alpha value is -3.80. The van der Waals surface area contributed by atoms with Gasteiger partial charge in [0.05, 0.1) is 7.11 Å². The first-order chi connectivity index (χ1) is 15.6. The van der Waals surface area contributed by atoms with Crippen LogP contribution in [0.1, 0.15) is 18.1 Å². The zero-order valence-electron chi connectivity index (χ0n) is 18.4. The molecule has 0 aliphatic rings. The molecule has 1 atom stereocenters. The van der Waals surface area contributed by atoms with Crippen LogP contribution in [0.15, 0.2) is 84.9 Å². The van der Waals surface area contributed by atoms with Crippen molar-refractivity contribution in [2.24, 2.45) is 0 Å². The lowest BCUT2D eigenvalue weighted by Crippen LogP contribution is -2.48. The number of nitrogens with one attached hydrogen (secondary N) is 1. The van der Waals surface area contributed by atoms with Crippen LogP contribution in [0, 0.1) is 0 Å². The Morgan fingerprint density at radius 1 is 0.844 bits per heavy atom. The number of rotatable bonds is 10. The van der Waals surface area contributed by atoms with Gasteiger partial charge in [0, 0.05) is 13.1 Å². The Balaban J connectivity index is 1.69. The first-order valence-corrected chi connectivity index (χ1v) is 10.5. The minimum Gasteiger partial charge on any atom is -0.497 e. The second-order valence-electron chi connectivity index (χ2n) is 7.35. The minimum absolute atomic E-state index is 0.156. The van der Waals surface area contributed by atoms with Crippen LogP contribution in [-0.2, 0) is 22.7 Å². The first kappa shape index (κ1) is 22.9. The standard InChI is InChI=1S/C26H28N2O4/c1-20(26(30)27-17-21-9-5-3-6-10-21)28(18-22-13-15-23(31-2)16-14-22)25(29)19-32-24-11-7-4-8-12-24/h3-16,20H,17-19H2,1-2H3,(H,27,30)/t20-/m1/s1. The van der Waals surface area contributed by atoms with E-state index in [4.69, 9.17) is 9.47 Å². The molecule has 1 N–H and O–H groups in total. The van der Waals surface area contributed by atoms with Crippen LogP contribution in [0.3, 0.4) is 0 Å². The molecule has 0 unspecified atom stereocenters. The zero-order chi connectivity index (χ0) is 22.8. The molecule has 0 heterocycles. The number of nitrogens with zero attached hydrogens (tertiary/aromatic N) is 1. The molecular formula is C26H28N2O4. The van der Waals surface area contributed by atoms with Gasteiger partial charge in [-0.25, -0.2) is 0 Å². The number of methoxy groups -OCH3 is 1.